The lowest BCUT2D eigenvalue weighted by molar-refractivity contribution is 0.603. The topological polar surface area (TPSA) is 43.6 Å². The molecule has 0 N–H and O–H groups in total. The Labute approximate surface area is 118 Å². The van der Waals surface area contributed by atoms with E-state index in [1.807, 2.05) is 16.9 Å². The molecule has 0 fully saturated rings. The van der Waals surface area contributed by atoms with E-state index < -0.39 is 0 Å². The van der Waals surface area contributed by atoms with Crippen LogP contribution in [0.2, 0.25) is 5.15 Å². The van der Waals surface area contributed by atoms with Crippen molar-refractivity contribution in [2.45, 2.75) is 40.2 Å². The quantitative estimate of drug-likeness (QED) is 0.785. The molecule has 2 aromatic rings. The van der Waals surface area contributed by atoms with E-state index in [1.165, 1.54) is 0 Å². The molecule has 0 spiro atoms. The average molecular weight is 279 g/mol. The fourth-order valence-corrected chi connectivity index (χ4v) is 2.15. The third-order valence-electron chi connectivity index (χ3n) is 2.71. The minimum absolute atomic E-state index is 0.490. The molecule has 2 aromatic heterocycles. The maximum Gasteiger partial charge on any atom is 0.164 e. The SMILES string of the molecule is CCCn1cc(-c2nc(Cl)cc(CC(C)C)n2)cn1. The minimum atomic E-state index is 0.490. The average Bonchev–Trinajstić information content (AvgIpc) is 2.76. The van der Waals surface area contributed by atoms with Crippen LogP contribution < -0.4 is 0 Å². The molecule has 4 nitrogen and oxygen atoms in total. The summed E-state index contributed by atoms with van der Waals surface area (Å²) >= 11 is 6.07. The van der Waals surface area contributed by atoms with Crippen molar-refractivity contribution in [1.82, 2.24) is 19.7 Å². The highest BCUT2D eigenvalue weighted by Gasteiger charge is 2.09. The maximum atomic E-state index is 6.07. The summed E-state index contributed by atoms with van der Waals surface area (Å²) in [5.74, 6) is 1.20. The summed E-state index contributed by atoms with van der Waals surface area (Å²) in [6, 6.07) is 1.83. The summed E-state index contributed by atoms with van der Waals surface area (Å²) in [7, 11) is 0. The molecule has 5 heteroatoms. The van der Waals surface area contributed by atoms with Gasteiger partial charge in [0.1, 0.15) is 5.15 Å². The normalized spacial score (nSPS) is 11.2. The number of hydrogen-bond acceptors (Lipinski definition) is 3. The number of aryl methyl sites for hydroxylation is 1. The Morgan fingerprint density at radius 3 is 2.79 bits per heavy atom. The van der Waals surface area contributed by atoms with Gasteiger partial charge < -0.3 is 0 Å². The van der Waals surface area contributed by atoms with Crippen LogP contribution in [0.15, 0.2) is 18.5 Å². The van der Waals surface area contributed by atoms with Crippen LogP contribution in [0, 0.1) is 5.92 Å². The smallest absolute Gasteiger partial charge is 0.164 e. The summed E-state index contributed by atoms with van der Waals surface area (Å²) in [6.45, 7) is 7.35. The van der Waals surface area contributed by atoms with E-state index >= 15 is 0 Å². The Hall–Kier alpha value is -1.42. The molecule has 0 amide bonds. The molecule has 19 heavy (non-hydrogen) atoms. The molecular formula is C14H19ClN4. The van der Waals surface area contributed by atoms with E-state index in [2.05, 4.69) is 35.8 Å². The zero-order valence-electron chi connectivity index (χ0n) is 11.6. The van der Waals surface area contributed by atoms with Crippen molar-refractivity contribution in [1.29, 1.82) is 0 Å². The maximum absolute atomic E-state index is 6.07. The number of rotatable bonds is 5. The number of hydrogen-bond donors (Lipinski definition) is 0. The highest BCUT2D eigenvalue weighted by molar-refractivity contribution is 6.29. The van der Waals surface area contributed by atoms with Crippen molar-refractivity contribution in [3.63, 3.8) is 0 Å². The van der Waals surface area contributed by atoms with E-state index in [0.29, 0.717) is 16.9 Å². The number of nitrogens with zero attached hydrogens (tertiary/aromatic N) is 4. The first-order valence-corrected chi connectivity index (χ1v) is 7.02. The first-order valence-electron chi connectivity index (χ1n) is 6.64. The van der Waals surface area contributed by atoms with Crippen molar-refractivity contribution >= 4 is 11.6 Å². The fourth-order valence-electron chi connectivity index (χ4n) is 1.95. The molecule has 2 heterocycles. The van der Waals surface area contributed by atoms with Gasteiger partial charge in [0.2, 0.25) is 0 Å². The molecule has 0 saturated heterocycles. The van der Waals surface area contributed by atoms with Gasteiger partial charge in [0, 0.05) is 18.4 Å². The summed E-state index contributed by atoms with van der Waals surface area (Å²) in [5, 5.41) is 4.79. The van der Waals surface area contributed by atoms with Crippen molar-refractivity contribution in [2.24, 2.45) is 5.92 Å². The van der Waals surface area contributed by atoms with Crippen molar-refractivity contribution in [2.75, 3.05) is 0 Å². The molecule has 0 aliphatic heterocycles. The van der Waals surface area contributed by atoms with Gasteiger partial charge in [-0.15, -0.1) is 0 Å². The number of halogens is 1. The Bertz CT molecular complexity index is 548. The van der Waals surface area contributed by atoms with E-state index in [0.717, 1.165) is 30.6 Å². The minimum Gasteiger partial charge on any atom is -0.272 e. The van der Waals surface area contributed by atoms with Gasteiger partial charge in [-0.05, 0) is 24.8 Å². The first kappa shape index (κ1) is 14.0. The van der Waals surface area contributed by atoms with Crippen molar-refractivity contribution < 1.29 is 0 Å². The summed E-state index contributed by atoms with van der Waals surface area (Å²) in [6.07, 6.45) is 5.71. The van der Waals surface area contributed by atoms with E-state index in [9.17, 15) is 0 Å². The van der Waals surface area contributed by atoms with Gasteiger partial charge >= 0.3 is 0 Å². The summed E-state index contributed by atoms with van der Waals surface area (Å²) in [5.41, 5.74) is 1.90. The van der Waals surface area contributed by atoms with Crippen LogP contribution >= 0.6 is 11.6 Å². The molecule has 102 valence electrons. The lowest BCUT2D eigenvalue weighted by Crippen LogP contribution is -2.00. The lowest BCUT2D eigenvalue weighted by atomic mass is 10.1. The van der Waals surface area contributed by atoms with Gasteiger partial charge in [-0.2, -0.15) is 5.10 Å². The van der Waals surface area contributed by atoms with Crippen LogP contribution in [-0.4, -0.2) is 19.7 Å². The molecule has 0 aromatic carbocycles. The lowest BCUT2D eigenvalue weighted by Gasteiger charge is -2.06. The van der Waals surface area contributed by atoms with E-state index in [4.69, 9.17) is 11.6 Å². The number of aromatic nitrogens is 4. The van der Waals surface area contributed by atoms with Gasteiger partial charge in [-0.1, -0.05) is 32.4 Å². The van der Waals surface area contributed by atoms with Crippen molar-refractivity contribution in [3.05, 3.63) is 29.3 Å². The van der Waals surface area contributed by atoms with Gasteiger partial charge in [0.15, 0.2) is 5.82 Å². The molecular weight excluding hydrogens is 260 g/mol. The predicted octanol–water partition coefficient (Wildman–Crippen LogP) is 3.60. The molecule has 2 rings (SSSR count). The third-order valence-corrected chi connectivity index (χ3v) is 2.90. The Morgan fingerprint density at radius 1 is 1.32 bits per heavy atom. The van der Waals surface area contributed by atoms with Gasteiger partial charge in [-0.25, -0.2) is 9.97 Å². The zero-order chi connectivity index (χ0) is 13.8. The molecule has 0 unspecified atom stereocenters. The largest absolute Gasteiger partial charge is 0.272 e. The highest BCUT2D eigenvalue weighted by atomic mass is 35.5. The standard InChI is InChI=1S/C14H19ClN4/c1-4-5-19-9-11(8-16-19)14-17-12(6-10(2)3)7-13(15)18-14/h7-10H,4-6H2,1-3H3. The Kier molecular flexibility index (Phi) is 4.53. The first-order chi connectivity index (χ1) is 9.08. The van der Waals surface area contributed by atoms with Crippen LogP contribution in [0.4, 0.5) is 0 Å². The molecule has 0 saturated carbocycles. The second kappa shape index (κ2) is 6.15. The van der Waals surface area contributed by atoms with Crippen LogP contribution in [-0.2, 0) is 13.0 Å². The predicted molar refractivity (Wildman–Crippen MR) is 77.1 cm³/mol. The molecule has 0 aliphatic rings. The monoisotopic (exact) mass is 278 g/mol. The molecule has 0 aliphatic carbocycles. The van der Waals surface area contributed by atoms with E-state index in [-0.39, 0.29) is 0 Å². The van der Waals surface area contributed by atoms with Crippen LogP contribution in [0.1, 0.15) is 32.9 Å². The van der Waals surface area contributed by atoms with Crippen LogP contribution in [0.25, 0.3) is 11.4 Å². The fraction of sp³-hybridized carbons (Fsp3) is 0.500. The molecule has 0 radical (unpaired) electrons. The Balaban J connectivity index is 2.29. The third kappa shape index (κ3) is 3.77. The second-order valence-corrected chi connectivity index (χ2v) is 5.48. The molecule has 0 atom stereocenters. The summed E-state index contributed by atoms with van der Waals surface area (Å²) < 4.78 is 1.90. The van der Waals surface area contributed by atoms with Crippen LogP contribution in [0.5, 0.6) is 0 Å². The zero-order valence-corrected chi connectivity index (χ0v) is 12.4. The van der Waals surface area contributed by atoms with Crippen LogP contribution in [0.3, 0.4) is 0 Å². The summed E-state index contributed by atoms with van der Waals surface area (Å²) in [4.78, 5) is 8.85. The van der Waals surface area contributed by atoms with Gasteiger partial charge in [0.25, 0.3) is 0 Å². The van der Waals surface area contributed by atoms with E-state index in [1.54, 1.807) is 6.20 Å². The highest BCUT2D eigenvalue weighted by Crippen LogP contribution is 2.19. The van der Waals surface area contributed by atoms with Crippen molar-refractivity contribution in [3.8, 4) is 11.4 Å². The Morgan fingerprint density at radius 2 is 2.11 bits per heavy atom. The van der Waals surface area contributed by atoms with Gasteiger partial charge in [-0.3, -0.25) is 4.68 Å². The second-order valence-electron chi connectivity index (χ2n) is 5.10. The molecule has 0 bridgehead atoms. The van der Waals surface area contributed by atoms with Gasteiger partial charge in [0.05, 0.1) is 11.8 Å².